The van der Waals surface area contributed by atoms with Gasteiger partial charge in [-0.25, -0.2) is 13.1 Å². The molecule has 1 aromatic carbocycles. The van der Waals surface area contributed by atoms with E-state index in [4.69, 9.17) is 5.73 Å². The minimum atomic E-state index is -3.67. The molecular weight excluding hydrogens is 276 g/mol. The Morgan fingerprint density at radius 3 is 2.45 bits per heavy atom. The van der Waals surface area contributed by atoms with Gasteiger partial charge in [-0.1, -0.05) is 19.3 Å². The Hall–Kier alpha value is -1.11. The zero-order chi connectivity index (χ0) is 14.8. The molecule has 1 aromatic rings. The molecule has 4 N–H and O–H groups in total. The zero-order valence-electron chi connectivity index (χ0n) is 11.7. The van der Waals surface area contributed by atoms with Crippen molar-refractivity contribution in [1.29, 1.82) is 0 Å². The Morgan fingerprint density at radius 2 is 1.90 bits per heavy atom. The molecule has 0 radical (unpaired) electrons. The Bertz CT molecular complexity index is 558. The van der Waals surface area contributed by atoms with Crippen LogP contribution in [0.15, 0.2) is 23.1 Å². The highest BCUT2D eigenvalue weighted by atomic mass is 32.2. The van der Waals surface area contributed by atoms with Gasteiger partial charge in [-0.15, -0.1) is 0 Å². The summed E-state index contributed by atoms with van der Waals surface area (Å²) in [6.07, 6.45) is 4.28. The van der Waals surface area contributed by atoms with Crippen LogP contribution in [0, 0.1) is 6.92 Å². The second-order valence-electron chi connectivity index (χ2n) is 5.68. The average Bonchev–Trinajstić information content (AvgIpc) is 2.38. The lowest BCUT2D eigenvalue weighted by Gasteiger charge is -2.36. The molecule has 6 heteroatoms. The number of aliphatic hydroxyl groups is 1. The molecule has 0 bridgehead atoms. The summed E-state index contributed by atoms with van der Waals surface area (Å²) >= 11 is 0. The number of aliphatic hydroxyl groups excluding tert-OH is 1. The molecule has 0 saturated heterocycles. The largest absolute Gasteiger partial charge is 0.399 e. The molecule has 0 aromatic heterocycles. The van der Waals surface area contributed by atoms with E-state index >= 15 is 0 Å². The molecule has 0 atom stereocenters. The van der Waals surface area contributed by atoms with Crippen LogP contribution in [0.3, 0.4) is 0 Å². The highest BCUT2D eigenvalue weighted by Crippen LogP contribution is 2.30. The number of anilines is 1. The second-order valence-corrected chi connectivity index (χ2v) is 7.37. The number of sulfonamides is 1. The van der Waals surface area contributed by atoms with Crippen molar-refractivity contribution in [2.24, 2.45) is 0 Å². The molecule has 1 fully saturated rings. The van der Waals surface area contributed by atoms with Crippen LogP contribution >= 0.6 is 0 Å². The van der Waals surface area contributed by atoms with Crippen LogP contribution in [0.5, 0.6) is 0 Å². The summed E-state index contributed by atoms with van der Waals surface area (Å²) in [5.41, 5.74) is 6.21. The average molecular weight is 298 g/mol. The van der Waals surface area contributed by atoms with Crippen molar-refractivity contribution in [2.45, 2.75) is 49.5 Å². The summed E-state index contributed by atoms with van der Waals surface area (Å²) in [5.74, 6) is 0. The van der Waals surface area contributed by atoms with Crippen LogP contribution in [0.4, 0.5) is 5.69 Å². The van der Waals surface area contributed by atoms with Crippen LogP contribution in [0.2, 0.25) is 0 Å². The maximum atomic E-state index is 12.5. The normalized spacial score (nSPS) is 18.9. The molecule has 1 aliphatic rings. The topological polar surface area (TPSA) is 92.4 Å². The molecule has 20 heavy (non-hydrogen) atoms. The lowest BCUT2D eigenvalue weighted by molar-refractivity contribution is 0.142. The highest BCUT2D eigenvalue weighted by molar-refractivity contribution is 7.89. The molecule has 1 aliphatic carbocycles. The Balaban J connectivity index is 2.30. The van der Waals surface area contributed by atoms with E-state index < -0.39 is 15.6 Å². The van der Waals surface area contributed by atoms with Crippen LogP contribution in [0.1, 0.15) is 37.7 Å². The van der Waals surface area contributed by atoms with Crippen LogP contribution < -0.4 is 10.5 Å². The Morgan fingerprint density at radius 1 is 1.25 bits per heavy atom. The van der Waals surface area contributed by atoms with Crippen LogP contribution in [-0.4, -0.2) is 25.7 Å². The molecule has 5 nitrogen and oxygen atoms in total. The third kappa shape index (κ3) is 3.31. The van der Waals surface area contributed by atoms with Crippen LogP contribution in [-0.2, 0) is 10.0 Å². The van der Waals surface area contributed by atoms with Crippen molar-refractivity contribution < 1.29 is 13.5 Å². The fraction of sp³-hybridized carbons (Fsp3) is 0.571. The number of rotatable bonds is 4. The fourth-order valence-corrected chi connectivity index (χ4v) is 4.39. The minimum Gasteiger partial charge on any atom is -0.399 e. The van der Waals surface area contributed by atoms with Crippen molar-refractivity contribution in [3.05, 3.63) is 23.8 Å². The van der Waals surface area contributed by atoms with E-state index in [0.29, 0.717) is 18.5 Å². The molecule has 2 rings (SSSR count). The number of nitrogen functional groups attached to an aromatic ring is 1. The van der Waals surface area contributed by atoms with Gasteiger partial charge >= 0.3 is 0 Å². The molecule has 1 saturated carbocycles. The first-order chi connectivity index (χ1) is 9.37. The lowest BCUT2D eigenvalue weighted by atomic mass is 9.83. The molecule has 0 aliphatic heterocycles. The van der Waals surface area contributed by atoms with Gasteiger partial charge in [0.2, 0.25) is 10.0 Å². The van der Waals surface area contributed by atoms with E-state index in [-0.39, 0.29) is 11.5 Å². The van der Waals surface area contributed by atoms with Crippen molar-refractivity contribution >= 4 is 15.7 Å². The molecule has 0 unspecified atom stereocenters. The summed E-state index contributed by atoms with van der Waals surface area (Å²) in [4.78, 5) is 0.161. The maximum absolute atomic E-state index is 12.5. The van der Waals surface area contributed by atoms with Gasteiger partial charge in [0.05, 0.1) is 17.0 Å². The summed E-state index contributed by atoms with van der Waals surface area (Å²) in [5, 5.41) is 9.61. The van der Waals surface area contributed by atoms with E-state index in [0.717, 1.165) is 24.8 Å². The predicted molar refractivity (Wildman–Crippen MR) is 78.8 cm³/mol. The number of benzene rings is 1. The first-order valence-electron chi connectivity index (χ1n) is 6.89. The van der Waals surface area contributed by atoms with Crippen molar-refractivity contribution in [2.75, 3.05) is 12.3 Å². The quantitative estimate of drug-likeness (QED) is 0.735. The maximum Gasteiger partial charge on any atom is 0.241 e. The SMILES string of the molecule is Cc1cc(N)cc(S(=O)(=O)NC2(CO)CCCCC2)c1. The van der Waals surface area contributed by atoms with Gasteiger partial charge in [0.15, 0.2) is 0 Å². The molecule has 0 amide bonds. The van der Waals surface area contributed by atoms with E-state index in [1.54, 1.807) is 19.1 Å². The predicted octanol–water partition coefficient (Wildman–Crippen LogP) is 1.55. The second kappa shape index (κ2) is 5.71. The van der Waals surface area contributed by atoms with E-state index in [1.165, 1.54) is 6.07 Å². The number of hydrogen-bond donors (Lipinski definition) is 3. The van der Waals surface area contributed by atoms with Gasteiger partial charge in [0, 0.05) is 5.69 Å². The van der Waals surface area contributed by atoms with E-state index in [1.807, 2.05) is 0 Å². The lowest BCUT2D eigenvalue weighted by Crippen LogP contribution is -2.52. The summed E-state index contributed by atoms with van der Waals surface area (Å²) < 4.78 is 27.7. The van der Waals surface area contributed by atoms with E-state index in [9.17, 15) is 13.5 Å². The first-order valence-corrected chi connectivity index (χ1v) is 8.37. The monoisotopic (exact) mass is 298 g/mol. The van der Waals surface area contributed by atoms with E-state index in [2.05, 4.69) is 4.72 Å². The number of aryl methyl sites for hydroxylation is 1. The summed E-state index contributed by atoms with van der Waals surface area (Å²) in [7, 11) is -3.67. The molecule has 0 heterocycles. The van der Waals surface area contributed by atoms with Gasteiger partial charge < -0.3 is 10.8 Å². The first kappa shape index (κ1) is 15.3. The summed E-state index contributed by atoms with van der Waals surface area (Å²) in [6.45, 7) is 1.63. The van der Waals surface area contributed by atoms with Gasteiger partial charge in [-0.3, -0.25) is 0 Å². The van der Waals surface area contributed by atoms with Gasteiger partial charge in [-0.05, 0) is 43.5 Å². The summed E-state index contributed by atoms with van der Waals surface area (Å²) in [6, 6.07) is 4.76. The van der Waals surface area contributed by atoms with Crippen molar-refractivity contribution in [3.8, 4) is 0 Å². The Kier molecular flexibility index (Phi) is 4.36. The van der Waals surface area contributed by atoms with Gasteiger partial charge in [0.25, 0.3) is 0 Å². The number of hydrogen-bond acceptors (Lipinski definition) is 4. The molecule has 0 spiro atoms. The number of nitrogens with one attached hydrogen (secondary N) is 1. The molecule has 112 valence electrons. The van der Waals surface area contributed by atoms with Crippen LogP contribution in [0.25, 0.3) is 0 Å². The molecular formula is C14H22N2O3S. The number of nitrogens with two attached hydrogens (primary N) is 1. The highest BCUT2D eigenvalue weighted by Gasteiger charge is 2.36. The van der Waals surface area contributed by atoms with Gasteiger partial charge in [0.1, 0.15) is 0 Å². The smallest absolute Gasteiger partial charge is 0.241 e. The minimum absolute atomic E-state index is 0.161. The fourth-order valence-electron chi connectivity index (χ4n) is 2.80. The van der Waals surface area contributed by atoms with Gasteiger partial charge in [-0.2, -0.15) is 0 Å². The zero-order valence-corrected chi connectivity index (χ0v) is 12.5. The van der Waals surface area contributed by atoms with Crippen molar-refractivity contribution in [1.82, 2.24) is 4.72 Å². The third-order valence-electron chi connectivity index (χ3n) is 3.85. The standard InChI is InChI=1S/C14H22N2O3S/c1-11-7-12(15)9-13(8-11)20(18,19)16-14(10-17)5-3-2-4-6-14/h7-9,16-17H,2-6,10,15H2,1H3. The van der Waals surface area contributed by atoms with Crippen molar-refractivity contribution in [3.63, 3.8) is 0 Å². The third-order valence-corrected chi connectivity index (χ3v) is 5.41. The Labute approximate surface area is 120 Å².